The highest BCUT2D eigenvalue weighted by molar-refractivity contribution is 5.95. The summed E-state index contributed by atoms with van der Waals surface area (Å²) in [4.78, 5) is 23.2. The van der Waals surface area contributed by atoms with Crippen molar-refractivity contribution in [3.63, 3.8) is 0 Å². The Hall–Kier alpha value is -1.91. The van der Waals surface area contributed by atoms with Crippen LogP contribution in [0.5, 0.6) is 0 Å². The van der Waals surface area contributed by atoms with Crippen LogP contribution in [0.3, 0.4) is 0 Å². The van der Waals surface area contributed by atoms with Gasteiger partial charge in [0.25, 0.3) is 11.6 Å². The van der Waals surface area contributed by atoms with E-state index < -0.39 is 4.92 Å². The van der Waals surface area contributed by atoms with E-state index in [2.05, 4.69) is 12.2 Å². The minimum absolute atomic E-state index is 0.0608. The van der Waals surface area contributed by atoms with Crippen LogP contribution < -0.4 is 5.32 Å². The Kier molecular flexibility index (Phi) is 3.85. The van der Waals surface area contributed by atoms with Gasteiger partial charge in [-0.3, -0.25) is 14.9 Å². The number of benzene rings is 1. The maximum Gasteiger partial charge on any atom is 0.272 e. The molecule has 0 spiro atoms. The number of hydrogen-bond acceptors (Lipinski definition) is 3. The van der Waals surface area contributed by atoms with Gasteiger partial charge in [0, 0.05) is 23.2 Å². The van der Waals surface area contributed by atoms with Gasteiger partial charge in [0.15, 0.2) is 0 Å². The SMILES string of the molecule is Cc1cc(C(=O)N[C@H](C)C23CC4CC(CC(C4)C2)C3)ccc1[N+](=O)[O-]. The summed E-state index contributed by atoms with van der Waals surface area (Å²) >= 11 is 0. The maximum absolute atomic E-state index is 12.7. The lowest BCUT2D eigenvalue weighted by Crippen LogP contribution is -2.55. The van der Waals surface area contributed by atoms with Gasteiger partial charge in [0.1, 0.15) is 0 Å². The molecule has 4 aliphatic carbocycles. The fraction of sp³-hybridized carbons (Fsp3) is 0.650. The molecule has 4 saturated carbocycles. The van der Waals surface area contributed by atoms with E-state index in [4.69, 9.17) is 0 Å². The van der Waals surface area contributed by atoms with Crippen molar-refractivity contribution in [2.75, 3.05) is 0 Å². The zero-order valence-electron chi connectivity index (χ0n) is 15.0. The fourth-order valence-electron chi connectivity index (χ4n) is 6.14. The van der Waals surface area contributed by atoms with Crippen molar-refractivity contribution in [2.24, 2.45) is 23.2 Å². The highest BCUT2D eigenvalue weighted by atomic mass is 16.6. The molecule has 1 aromatic carbocycles. The summed E-state index contributed by atoms with van der Waals surface area (Å²) in [5.74, 6) is 2.45. The lowest BCUT2D eigenvalue weighted by atomic mass is 9.48. The highest BCUT2D eigenvalue weighted by Crippen LogP contribution is 2.61. The molecule has 134 valence electrons. The van der Waals surface area contributed by atoms with Crippen molar-refractivity contribution in [2.45, 2.75) is 58.4 Å². The number of hydrogen-bond donors (Lipinski definition) is 1. The molecule has 5 heteroatoms. The maximum atomic E-state index is 12.7. The second-order valence-electron chi connectivity index (χ2n) is 8.73. The minimum Gasteiger partial charge on any atom is -0.349 e. The van der Waals surface area contributed by atoms with Gasteiger partial charge >= 0.3 is 0 Å². The van der Waals surface area contributed by atoms with E-state index in [0.717, 1.165) is 17.8 Å². The number of carbonyl (C=O) groups excluding carboxylic acids is 1. The van der Waals surface area contributed by atoms with Crippen molar-refractivity contribution in [1.82, 2.24) is 5.32 Å². The average Bonchev–Trinajstić information content (AvgIpc) is 2.53. The molecule has 5 nitrogen and oxygen atoms in total. The third kappa shape index (κ3) is 2.83. The molecule has 0 saturated heterocycles. The Labute approximate surface area is 148 Å². The van der Waals surface area contributed by atoms with Crippen LogP contribution in [0.15, 0.2) is 18.2 Å². The van der Waals surface area contributed by atoms with Gasteiger partial charge in [0.05, 0.1) is 4.92 Å². The summed E-state index contributed by atoms with van der Waals surface area (Å²) in [5.41, 5.74) is 1.37. The first-order valence-corrected chi connectivity index (χ1v) is 9.42. The third-order valence-corrected chi connectivity index (χ3v) is 7.01. The van der Waals surface area contributed by atoms with Crippen LogP contribution in [0, 0.1) is 40.2 Å². The summed E-state index contributed by atoms with van der Waals surface area (Å²) in [6.45, 7) is 3.83. The average molecular weight is 342 g/mol. The first kappa shape index (κ1) is 16.6. The standard InChI is InChI=1S/C20H26N2O3/c1-12-5-17(3-4-18(12)22(24)25)19(23)21-13(2)20-9-14-6-15(10-20)8-16(7-14)11-20/h3-5,13-16H,6-11H2,1-2H3,(H,21,23)/t13-,14?,15?,16?,20?/m1/s1. The lowest BCUT2D eigenvalue weighted by molar-refractivity contribution is -0.385. The quantitative estimate of drug-likeness (QED) is 0.657. The molecular weight excluding hydrogens is 316 g/mol. The number of rotatable bonds is 4. The van der Waals surface area contributed by atoms with E-state index in [0.29, 0.717) is 11.1 Å². The third-order valence-electron chi connectivity index (χ3n) is 7.01. The van der Waals surface area contributed by atoms with Crippen molar-refractivity contribution in [1.29, 1.82) is 0 Å². The van der Waals surface area contributed by atoms with Crippen LogP contribution in [0.25, 0.3) is 0 Å². The number of nitrogens with zero attached hydrogens (tertiary/aromatic N) is 1. The number of nitro benzene ring substituents is 1. The van der Waals surface area contributed by atoms with Crippen LogP contribution in [-0.4, -0.2) is 16.9 Å². The van der Waals surface area contributed by atoms with Gasteiger partial charge in [-0.25, -0.2) is 0 Å². The zero-order valence-corrected chi connectivity index (χ0v) is 15.0. The topological polar surface area (TPSA) is 72.2 Å². The van der Waals surface area contributed by atoms with Gasteiger partial charge < -0.3 is 5.32 Å². The molecule has 0 aliphatic heterocycles. The van der Waals surface area contributed by atoms with Crippen molar-refractivity contribution >= 4 is 11.6 Å². The minimum atomic E-state index is -0.408. The molecule has 0 heterocycles. The first-order valence-electron chi connectivity index (χ1n) is 9.42. The first-order chi connectivity index (χ1) is 11.9. The molecule has 25 heavy (non-hydrogen) atoms. The van der Waals surface area contributed by atoms with Gasteiger partial charge in [-0.15, -0.1) is 0 Å². The van der Waals surface area contributed by atoms with E-state index in [9.17, 15) is 14.9 Å². The van der Waals surface area contributed by atoms with E-state index >= 15 is 0 Å². The summed E-state index contributed by atoms with van der Waals surface area (Å²) < 4.78 is 0. The fourth-order valence-corrected chi connectivity index (χ4v) is 6.14. The van der Waals surface area contributed by atoms with E-state index in [1.54, 1.807) is 19.1 Å². The molecule has 0 unspecified atom stereocenters. The molecule has 4 bridgehead atoms. The lowest BCUT2D eigenvalue weighted by Gasteiger charge is -2.59. The second kappa shape index (κ2) is 5.82. The molecule has 0 radical (unpaired) electrons. The summed E-state index contributed by atoms with van der Waals surface area (Å²) in [5, 5.41) is 14.2. The number of nitrogens with one attached hydrogen (secondary N) is 1. The number of aryl methyl sites for hydroxylation is 1. The highest BCUT2D eigenvalue weighted by Gasteiger charge is 2.53. The van der Waals surface area contributed by atoms with Crippen molar-refractivity contribution in [3.8, 4) is 0 Å². The number of nitro groups is 1. The smallest absolute Gasteiger partial charge is 0.272 e. The molecule has 1 amide bonds. The van der Waals surface area contributed by atoms with Crippen molar-refractivity contribution in [3.05, 3.63) is 39.4 Å². The Morgan fingerprint density at radius 3 is 2.24 bits per heavy atom. The van der Waals surface area contributed by atoms with Gasteiger partial charge in [0.2, 0.25) is 0 Å². The summed E-state index contributed by atoms with van der Waals surface area (Å²) in [6, 6.07) is 4.77. The number of amides is 1. The predicted octanol–water partition coefficient (Wildman–Crippen LogP) is 4.24. The molecule has 4 aliphatic rings. The van der Waals surface area contributed by atoms with Crippen LogP contribution in [-0.2, 0) is 0 Å². The predicted molar refractivity (Wildman–Crippen MR) is 95.4 cm³/mol. The summed E-state index contributed by atoms with van der Waals surface area (Å²) in [7, 11) is 0. The van der Waals surface area contributed by atoms with Crippen LogP contribution in [0.2, 0.25) is 0 Å². The second-order valence-corrected chi connectivity index (χ2v) is 8.73. The zero-order chi connectivity index (χ0) is 17.8. The van der Waals surface area contributed by atoms with Crippen LogP contribution in [0.4, 0.5) is 5.69 Å². The Balaban J connectivity index is 1.49. The molecule has 0 aromatic heterocycles. The Bertz CT molecular complexity index is 692. The van der Waals surface area contributed by atoms with Crippen molar-refractivity contribution < 1.29 is 9.72 Å². The summed E-state index contributed by atoms with van der Waals surface area (Å²) in [6.07, 6.45) is 7.92. The molecule has 4 fully saturated rings. The number of carbonyl (C=O) groups is 1. The van der Waals surface area contributed by atoms with E-state index in [-0.39, 0.29) is 23.1 Å². The Morgan fingerprint density at radius 2 is 1.76 bits per heavy atom. The largest absolute Gasteiger partial charge is 0.349 e. The van der Waals surface area contributed by atoms with Crippen LogP contribution in [0.1, 0.15) is 61.4 Å². The van der Waals surface area contributed by atoms with Gasteiger partial charge in [-0.05, 0) is 87.7 Å². The van der Waals surface area contributed by atoms with E-state index in [1.165, 1.54) is 44.6 Å². The van der Waals surface area contributed by atoms with Crippen LogP contribution >= 0.6 is 0 Å². The molecule has 1 atom stereocenters. The molecular formula is C20H26N2O3. The Morgan fingerprint density at radius 1 is 1.20 bits per heavy atom. The molecule has 1 N–H and O–H groups in total. The molecule has 1 aromatic rings. The normalized spacial score (nSPS) is 33.9. The monoisotopic (exact) mass is 342 g/mol. The van der Waals surface area contributed by atoms with E-state index in [1.807, 2.05) is 0 Å². The molecule has 5 rings (SSSR count). The van der Waals surface area contributed by atoms with Gasteiger partial charge in [-0.1, -0.05) is 0 Å². The van der Waals surface area contributed by atoms with Gasteiger partial charge in [-0.2, -0.15) is 0 Å².